The van der Waals surface area contributed by atoms with E-state index < -0.39 is 0 Å². The Morgan fingerprint density at radius 3 is 2.58 bits per heavy atom. The Morgan fingerprint density at radius 2 is 1.85 bits per heavy atom. The van der Waals surface area contributed by atoms with Crippen LogP contribution < -0.4 is 5.32 Å². The monoisotopic (exact) mass is 350 g/mol. The lowest BCUT2D eigenvalue weighted by Gasteiger charge is -2.64. The van der Waals surface area contributed by atoms with Crippen molar-refractivity contribution in [3.8, 4) is 0 Å². The first-order valence-corrected chi connectivity index (χ1v) is 10.2. The van der Waals surface area contributed by atoms with Gasteiger partial charge < -0.3 is 10.3 Å². The lowest BCUT2D eigenvalue weighted by Crippen LogP contribution is -2.60. The Kier molecular flexibility index (Phi) is 3.39. The second-order valence-corrected chi connectivity index (χ2v) is 10.3. The van der Waals surface area contributed by atoms with Crippen LogP contribution in [0.1, 0.15) is 57.9 Å². The summed E-state index contributed by atoms with van der Waals surface area (Å²) in [6.45, 7) is 5.61. The number of fused-ring (bicyclic) bond motifs is 1. The highest BCUT2D eigenvalue weighted by molar-refractivity contribution is 5.84. The van der Waals surface area contributed by atoms with Crippen molar-refractivity contribution < 1.29 is 4.79 Å². The average molecular weight is 351 g/mol. The van der Waals surface area contributed by atoms with Gasteiger partial charge in [0.15, 0.2) is 0 Å². The van der Waals surface area contributed by atoms with E-state index in [0.717, 1.165) is 38.1 Å². The summed E-state index contributed by atoms with van der Waals surface area (Å²) in [6, 6.07) is 8.39. The number of aromatic amines is 1. The Morgan fingerprint density at radius 1 is 1.12 bits per heavy atom. The zero-order valence-electron chi connectivity index (χ0n) is 16.0. The smallest absolute Gasteiger partial charge is 0.226 e. The molecule has 3 heteroatoms. The van der Waals surface area contributed by atoms with Gasteiger partial charge in [-0.15, -0.1) is 0 Å². The molecule has 26 heavy (non-hydrogen) atoms. The molecule has 2 aromatic rings. The Balaban J connectivity index is 1.29. The fourth-order valence-corrected chi connectivity index (χ4v) is 7.54. The van der Waals surface area contributed by atoms with Gasteiger partial charge >= 0.3 is 0 Å². The van der Waals surface area contributed by atoms with Gasteiger partial charge in [0.05, 0.1) is 5.41 Å². The molecule has 2 atom stereocenters. The van der Waals surface area contributed by atoms with Crippen LogP contribution in [0.2, 0.25) is 0 Å². The van der Waals surface area contributed by atoms with Gasteiger partial charge in [-0.3, -0.25) is 4.79 Å². The van der Waals surface area contributed by atoms with Crippen molar-refractivity contribution in [2.45, 2.75) is 58.8 Å². The average Bonchev–Trinajstić information content (AvgIpc) is 2.95. The molecule has 6 rings (SSSR count). The molecule has 0 spiro atoms. The van der Waals surface area contributed by atoms with Crippen molar-refractivity contribution in [1.82, 2.24) is 10.3 Å². The number of nitrogens with one attached hydrogen (secondary N) is 2. The second-order valence-electron chi connectivity index (χ2n) is 10.3. The molecule has 0 radical (unpaired) electrons. The number of benzene rings is 1. The number of carbonyl (C=O) groups is 1. The summed E-state index contributed by atoms with van der Waals surface area (Å²) in [5.41, 5.74) is 3.16. The summed E-state index contributed by atoms with van der Waals surface area (Å²) < 4.78 is 0. The quantitative estimate of drug-likeness (QED) is 0.815. The molecule has 2 N–H and O–H groups in total. The summed E-state index contributed by atoms with van der Waals surface area (Å²) in [6.07, 6.45) is 10.3. The molecule has 4 fully saturated rings. The van der Waals surface area contributed by atoms with E-state index in [1.165, 1.54) is 35.7 Å². The van der Waals surface area contributed by atoms with Gasteiger partial charge in [0.2, 0.25) is 5.91 Å². The zero-order valence-corrected chi connectivity index (χ0v) is 16.0. The zero-order chi connectivity index (χ0) is 18.0. The topological polar surface area (TPSA) is 44.9 Å². The minimum absolute atomic E-state index is 0.0941. The Labute approximate surface area is 155 Å². The summed E-state index contributed by atoms with van der Waals surface area (Å²) in [5.74, 6) is 1.10. The largest absolute Gasteiger partial charge is 0.361 e. The number of aromatic nitrogens is 1. The molecule has 0 saturated heterocycles. The molecule has 1 heterocycles. The molecule has 138 valence electrons. The number of hydrogen-bond donors (Lipinski definition) is 2. The van der Waals surface area contributed by atoms with E-state index in [1.54, 1.807) is 0 Å². The van der Waals surface area contributed by atoms with Crippen LogP contribution in [-0.2, 0) is 11.2 Å². The maximum Gasteiger partial charge on any atom is 0.226 e. The lowest BCUT2D eigenvalue weighted by molar-refractivity contribution is -0.170. The summed E-state index contributed by atoms with van der Waals surface area (Å²) in [5, 5.41) is 4.60. The van der Waals surface area contributed by atoms with Crippen molar-refractivity contribution in [3.63, 3.8) is 0 Å². The Bertz CT molecular complexity index is 848. The van der Waals surface area contributed by atoms with Gasteiger partial charge in [0.25, 0.3) is 0 Å². The van der Waals surface area contributed by atoms with E-state index in [1.807, 2.05) is 0 Å². The van der Waals surface area contributed by atoms with Gasteiger partial charge in [-0.05, 0) is 73.3 Å². The van der Waals surface area contributed by atoms with Crippen LogP contribution in [0.15, 0.2) is 30.5 Å². The van der Waals surface area contributed by atoms with Crippen molar-refractivity contribution >= 4 is 16.8 Å². The fraction of sp³-hybridized carbons (Fsp3) is 0.609. The lowest BCUT2D eigenvalue weighted by atomic mass is 9.40. The SMILES string of the molecule is CC12CC3CC(C)(C1)CC(C(=O)NCCc1c[nH]c4ccccc14)(C3)C2. The first-order valence-electron chi connectivity index (χ1n) is 10.2. The minimum Gasteiger partial charge on any atom is -0.361 e. The van der Waals surface area contributed by atoms with Gasteiger partial charge in [0.1, 0.15) is 0 Å². The molecule has 4 aliphatic rings. The molecular weight excluding hydrogens is 320 g/mol. The third-order valence-corrected chi connectivity index (χ3v) is 7.46. The Hall–Kier alpha value is -1.77. The van der Waals surface area contributed by atoms with Gasteiger partial charge in [-0.2, -0.15) is 0 Å². The summed E-state index contributed by atoms with van der Waals surface area (Å²) in [4.78, 5) is 16.6. The minimum atomic E-state index is -0.0941. The maximum absolute atomic E-state index is 13.3. The predicted molar refractivity (Wildman–Crippen MR) is 105 cm³/mol. The molecule has 3 nitrogen and oxygen atoms in total. The standard InChI is InChI=1S/C23H30N2O/c1-21-9-16-10-22(2,13-21)15-23(11-16,14-21)20(26)24-8-7-17-12-25-19-6-4-3-5-18(17)19/h3-6,12,16,25H,7-11,13-15H2,1-2H3,(H,24,26). The van der Waals surface area contributed by atoms with E-state index in [9.17, 15) is 4.79 Å². The van der Waals surface area contributed by atoms with E-state index in [4.69, 9.17) is 0 Å². The number of carbonyl (C=O) groups excluding carboxylic acids is 1. The number of hydrogen-bond acceptors (Lipinski definition) is 1. The van der Waals surface area contributed by atoms with Crippen molar-refractivity contribution in [3.05, 3.63) is 36.0 Å². The van der Waals surface area contributed by atoms with Crippen molar-refractivity contribution in [2.75, 3.05) is 6.54 Å². The molecule has 1 aromatic carbocycles. The second kappa shape index (κ2) is 5.37. The highest BCUT2D eigenvalue weighted by Crippen LogP contribution is 2.69. The van der Waals surface area contributed by atoms with E-state index >= 15 is 0 Å². The van der Waals surface area contributed by atoms with Gasteiger partial charge in [0, 0.05) is 23.6 Å². The highest BCUT2D eigenvalue weighted by atomic mass is 16.2. The predicted octanol–water partition coefficient (Wildman–Crippen LogP) is 4.82. The maximum atomic E-state index is 13.3. The van der Waals surface area contributed by atoms with Crippen LogP contribution in [0.3, 0.4) is 0 Å². The van der Waals surface area contributed by atoms with Crippen LogP contribution in [0, 0.1) is 22.2 Å². The van der Waals surface area contributed by atoms with Crippen LogP contribution in [0.5, 0.6) is 0 Å². The van der Waals surface area contributed by atoms with Gasteiger partial charge in [-0.1, -0.05) is 32.0 Å². The normalized spacial score (nSPS) is 38.0. The molecule has 1 aromatic heterocycles. The van der Waals surface area contributed by atoms with Gasteiger partial charge in [-0.25, -0.2) is 0 Å². The summed E-state index contributed by atoms with van der Waals surface area (Å²) >= 11 is 0. The third kappa shape index (κ3) is 2.51. The van der Waals surface area contributed by atoms with E-state index in [0.29, 0.717) is 16.7 Å². The molecule has 0 aliphatic heterocycles. The number of rotatable bonds is 4. The van der Waals surface area contributed by atoms with E-state index in [-0.39, 0.29) is 5.41 Å². The highest BCUT2D eigenvalue weighted by Gasteiger charge is 2.62. The van der Waals surface area contributed by atoms with Crippen LogP contribution in [0.4, 0.5) is 0 Å². The fourth-order valence-electron chi connectivity index (χ4n) is 7.54. The molecule has 4 saturated carbocycles. The third-order valence-electron chi connectivity index (χ3n) is 7.46. The van der Waals surface area contributed by atoms with Crippen LogP contribution >= 0.6 is 0 Å². The molecule has 4 bridgehead atoms. The van der Waals surface area contributed by atoms with Crippen molar-refractivity contribution in [2.24, 2.45) is 22.2 Å². The number of H-pyrrole nitrogens is 1. The molecule has 1 amide bonds. The van der Waals surface area contributed by atoms with Crippen LogP contribution in [0.25, 0.3) is 10.9 Å². The number of para-hydroxylation sites is 1. The van der Waals surface area contributed by atoms with E-state index in [2.05, 4.69) is 54.6 Å². The molecule has 4 aliphatic carbocycles. The number of amides is 1. The summed E-state index contributed by atoms with van der Waals surface area (Å²) in [7, 11) is 0. The first kappa shape index (κ1) is 16.4. The van der Waals surface area contributed by atoms with Crippen molar-refractivity contribution in [1.29, 1.82) is 0 Å². The molecule has 2 unspecified atom stereocenters. The van der Waals surface area contributed by atoms with Crippen LogP contribution in [-0.4, -0.2) is 17.4 Å². The molecular formula is C23H30N2O. The first-order chi connectivity index (χ1) is 12.4.